The van der Waals surface area contributed by atoms with Crippen LogP contribution in [0.5, 0.6) is 0 Å². The predicted octanol–water partition coefficient (Wildman–Crippen LogP) is 5.49. The van der Waals surface area contributed by atoms with Gasteiger partial charge in [-0.1, -0.05) is 58.2 Å². The van der Waals surface area contributed by atoms with Gasteiger partial charge in [0.1, 0.15) is 0 Å². The van der Waals surface area contributed by atoms with Crippen molar-refractivity contribution in [1.29, 1.82) is 0 Å². The number of sulfonamides is 1. The summed E-state index contributed by atoms with van der Waals surface area (Å²) in [6.07, 6.45) is 12.1. The molecule has 0 bridgehead atoms. The van der Waals surface area contributed by atoms with E-state index in [1.54, 1.807) is 16.4 Å². The topological polar surface area (TPSA) is 58.4 Å². The van der Waals surface area contributed by atoms with E-state index in [4.69, 9.17) is 5.10 Å². The number of piperidine rings is 2. The van der Waals surface area contributed by atoms with Gasteiger partial charge < -0.3 is 4.90 Å². The third-order valence-corrected chi connectivity index (χ3v) is 10.5. The van der Waals surface area contributed by atoms with Gasteiger partial charge in [0, 0.05) is 31.6 Å². The number of aryl methyl sites for hydroxylation is 1. The highest BCUT2D eigenvalue weighted by Gasteiger charge is 2.46. The fourth-order valence-corrected chi connectivity index (χ4v) is 7.94. The van der Waals surface area contributed by atoms with Crippen molar-refractivity contribution in [2.24, 2.45) is 5.41 Å². The summed E-state index contributed by atoms with van der Waals surface area (Å²) >= 11 is 0. The lowest BCUT2D eigenvalue weighted by molar-refractivity contribution is 0.114. The lowest BCUT2D eigenvalue weighted by Gasteiger charge is -2.48. The second-order valence-electron chi connectivity index (χ2n) is 12.5. The van der Waals surface area contributed by atoms with Gasteiger partial charge in [0.05, 0.1) is 16.8 Å². The average Bonchev–Trinajstić information content (AvgIpc) is 3.26. The van der Waals surface area contributed by atoms with Crippen LogP contribution in [-0.2, 0) is 28.4 Å². The second kappa shape index (κ2) is 10.3. The Kier molecular flexibility index (Phi) is 7.42. The van der Waals surface area contributed by atoms with Crippen LogP contribution in [0.4, 0.5) is 0 Å². The van der Waals surface area contributed by atoms with E-state index < -0.39 is 10.0 Å². The van der Waals surface area contributed by atoms with Gasteiger partial charge in [0.15, 0.2) is 0 Å². The molecule has 2 aromatic rings. The van der Waals surface area contributed by atoms with Gasteiger partial charge in [-0.15, -0.1) is 0 Å². The number of fused-ring (bicyclic) bond motifs is 2. The van der Waals surface area contributed by atoms with Crippen LogP contribution < -0.4 is 0 Å². The molecule has 2 saturated heterocycles. The third kappa shape index (κ3) is 5.32. The minimum absolute atomic E-state index is 0.00696. The molecule has 1 aliphatic carbocycles. The molecule has 0 N–H and O–H groups in total. The summed E-state index contributed by atoms with van der Waals surface area (Å²) in [6.45, 7) is 13.8. The highest BCUT2D eigenvalue weighted by atomic mass is 32.2. The number of nitrogens with zero attached hydrogens (tertiary/aromatic N) is 4. The molecule has 0 amide bonds. The smallest absolute Gasteiger partial charge is 0.243 e. The highest BCUT2D eigenvalue weighted by Crippen LogP contribution is 2.46. The lowest BCUT2D eigenvalue weighted by Crippen LogP contribution is -2.54. The molecule has 3 aliphatic rings. The molecule has 202 valence electrons. The highest BCUT2D eigenvalue weighted by molar-refractivity contribution is 7.89. The molecular weight excluding hydrogens is 480 g/mol. The molecule has 7 heteroatoms. The fraction of sp³-hybridized carbons (Fsp3) is 0.633. The quantitative estimate of drug-likeness (QED) is 0.481. The molecule has 6 nitrogen and oxygen atoms in total. The molecule has 3 heterocycles. The molecule has 1 atom stereocenters. The molecule has 5 rings (SSSR count). The summed E-state index contributed by atoms with van der Waals surface area (Å²) < 4.78 is 31.7. The standard InChI is InChI=1S/C30H44N4O2S/c1-5-6-17-34-28-19-26-14-18-33(37(35,36)27-12-10-25(11-13-27)29(2,3)4)23-30(26,20-24(28)21-31-34)22-32-15-8-7-9-16-32/h10-13,19,21H,5-9,14-18,20,22-23H2,1-4H3. The average molecular weight is 525 g/mol. The first-order chi connectivity index (χ1) is 17.6. The number of hydrogen-bond donors (Lipinski definition) is 0. The van der Waals surface area contributed by atoms with Crippen molar-refractivity contribution in [3.05, 3.63) is 52.9 Å². The van der Waals surface area contributed by atoms with E-state index in [-0.39, 0.29) is 10.8 Å². The Hall–Kier alpha value is -1.96. The zero-order valence-electron chi connectivity index (χ0n) is 23.2. The van der Waals surface area contributed by atoms with Crippen LogP contribution in [0.15, 0.2) is 40.9 Å². The van der Waals surface area contributed by atoms with Crippen molar-refractivity contribution in [2.45, 2.75) is 89.5 Å². The van der Waals surface area contributed by atoms with Gasteiger partial charge in [-0.25, -0.2) is 8.42 Å². The number of likely N-dealkylation sites (tertiary alicyclic amines) is 1. The first kappa shape index (κ1) is 26.6. The van der Waals surface area contributed by atoms with Gasteiger partial charge in [0.25, 0.3) is 0 Å². The normalized spacial score (nSPS) is 23.4. The number of rotatable bonds is 7. The summed E-state index contributed by atoms with van der Waals surface area (Å²) in [4.78, 5) is 2.99. The van der Waals surface area contributed by atoms with Crippen LogP contribution in [0.1, 0.15) is 83.0 Å². The molecule has 0 saturated carbocycles. The number of hydrogen-bond acceptors (Lipinski definition) is 4. The molecule has 1 aromatic heterocycles. The summed E-state index contributed by atoms with van der Waals surface area (Å²) in [5.41, 5.74) is 4.87. The summed E-state index contributed by atoms with van der Waals surface area (Å²) in [7, 11) is -3.57. The Morgan fingerprint density at radius 3 is 2.43 bits per heavy atom. The molecule has 1 unspecified atom stereocenters. The van der Waals surface area contributed by atoms with Crippen molar-refractivity contribution in [3.8, 4) is 0 Å². The first-order valence-corrected chi connectivity index (χ1v) is 15.7. The Morgan fingerprint density at radius 1 is 1.03 bits per heavy atom. The number of benzene rings is 1. The predicted molar refractivity (Wildman–Crippen MR) is 150 cm³/mol. The largest absolute Gasteiger partial charge is 0.302 e. The van der Waals surface area contributed by atoms with Crippen molar-refractivity contribution in [1.82, 2.24) is 19.0 Å². The van der Waals surface area contributed by atoms with Crippen molar-refractivity contribution >= 4 is 16.1 Å². The van der Waals surface area contributed by atoms with E-state index in [2.05, 4.69) is 43.4 Å². The first-order valence-electron chi connectivity index (χ1n) is 14.2. The Balaban J connectivity index is 1.46. The maximum atomic E-state index is 13.9. The SMILES string of the molecule is CCCCn1ncc2c1C=C1CCN(S(=O)(=O)c3ccc(C(C)(C)C)cc3)CC1(CN1CCCCC1)C2. The van der Waals surface area contributed by atoms with Crippen LogP contribution in [0.25, 0.3) is 6.08 Å². The lowest BCUT2D eigenvalue weighted by atomic mass is 9.68. The summed E-state index contributed by atoms with van der Waals surface area (Å²) in [5, 5.41) is 4.74. The van der Waals surface area contributed by atoms with Crippen molar-refractivity contribution < 1.29 is 8.42 Å². The molecule has 1 aromatic carbocycles. The van der Waals surface area contributed by atoms with E-state index in [9.17, 15) is 8.42 Å². The van der Waals surface area contributed by atoms with E-state index in [1.165, 1.54) is 36.1 Å². The molecular formula is C30H44N4O2S. The summed E-state index contributed by atoms with van der Waals surface area (Å²) in [5.74, 6) is 0. The number of unbranched alkanes of at least 4 members (excludes halogenated alkanes) is 1. The molecule has 0 radical (unpaired) electrons. The van der Waals surface area contributed by atoms with Crippen LogP contribution in [-0.4, -0.2) is 60.1 Å². The molecule has 2 fully saturated rings. The Bertz CT molecular complexity index is 1230. The minimum Gasteiger partial charge on any atom is -0.302 e. The van der Waals surface area contributed by atoms with Gasteiger partial charge in [-0.2, -0.15) is 9.40 Å². The molecule has 0 spiro atoms. The van der Waals surface area contributed by atoms with Crippen LogP contribution in [0.2, 0.25) is 0 Å². The fourth-order valence-electron chi connectivity index (χ4n) is 6.41. The van der Waals surface area contributed by atoms with E-state index in [0.717, 1.165) is 57.4 Å². The monoisotopic (exact) mass is 524 g/mol. The van der Waals surface area contributed by atoms with Crippen molar-refractivity contribution in [2.75, 3.05) is 32.7 Å². The summed E-state index contributed by atoms with van der Waals surface area (Å²) in [6, 6.07) is 7.55. The maximum absolute atomic E-state index is 13.9. The van der Waals surface area contributed by atoms with E-state index in [1.807, 2.05) is 18.3 Å². The van der Waals surface area contributed by atoms with Gasteiger partial charge in [-0.3, -0.25) is 4.68 Å². The van der Waals surface area contributed by atoms with Crippen LogP contribution in [0.3, 0.4) is 0 Å². The van der Waals surface area contributed by atoms with Gasteiger partial charge in [-0.05, 0) is 79.9 Å². The van der Waals surface area contributed by atoms with Gasteiger partial charge in [0.2, 0.25) is 10.0 Å². The van der Waals surface area contributed by atoms with Crippen LogP contribution in [0, 0.1) is 5.41 Å². The van der Waals surface area contributed by atoms with E-state index >= 15 is 0 Å². The van der Waals surface area contributed by atoms with Crippen molar-refractivity contribution in [3.63, 3.8) is 0 Å². The number of aromatic nitrogens is 2. The molecule has 37 heavy (non-hydrogen) atoms. The Morgan fingerprint density at radius 2 is 1.76 bits per heavy atom. The van der Waals surface area contributed by atoms with E-state index in [0.29, 0.717) is 18.0 Å². The van der Waals surface area contributed by atoms with Crippen LogP contribution >= 0.6 is 0 Å². The Labute approximate surface area is 223 Å². The van der Waals surface area contributed by atoms with Gasteiger partial charge >= 0.3 is 0 Å². The maximum Gasteiger partial charge on any atom is 0.243 e. The zero-order chi connectivity index (χ0) is 26.3. The third-order valence-electron chi connectivity index (χ3n) is 8.65. The zero-order valence-corrected chi connectivity index (χ0v) is 24.0. The second-order valence-corrected chi connectivity index (χ2v) is 14.4. The molecule has 2 aliphatic heterocycles. The minimum atomic E-state index is -3.57.